The summed E-state index contributed by atoms with van der Waals surface area (Å²) in [4.78, 5) is 12.6. The van der Waals surface area contributed by atoms with Gasteiger partial charge in [-0.1, -0.05) is 18.2 Å². The maximum atomic E-state index is 12.6. The van der Waals surface area contributed by atoms with E-state index in [4.69, 9.17) is 14.2 Å². The molecule has 1 amide bonds. The number of hydrogen-bond donors (Lipinski definition) is 3. The molecule has 1 aliphatic rings. The quantitative estimate of drug-likeness (QED) is 0.511. The second-order valence-corrected chi connectivity index (χ2v) is 7.32. The Bertz CT molecular complexity index is 841. The van der Waals surface area contributed by atoms with Crippen LogP contribution < -0.4 is 30.4 Å². The third-order valence-corrected chi connectivity index (χ3v) is 5.13. The zero-order valence-corrected chi connectivity index (χ0v) is 18.6. The number of amides is 1. The van der Waals surface area contributed by atoms with Crippen molar-refractivity contribution in [3.05, 3.63) is 53.6 Å². The normalized spacial score (nSPS) is 17.9. The fraction of sp³-hybridized carbons (Fsp3) is 0.458. The van der Waals surface area contributed by atoms with Gasteiger partial charge in [0.2, 0.25) is 5.91 Å². The summed E-state index contributed by atoms with van der Waals surface area (Å²) >= 11 is 0. The largest absolute Gasteiger partial charge is 0.494 e. The average molecular weight is 428 g/mol. The van der Waals surface area contributed by atoms with Crippen molar-refractivity contribution in [1.29, 1.82) is 0 Å². The molecule has 2 unspecified atom stereocenters. The van der Waals surface area contributed by atoms with Gasteiger partial charge >= 0.3 is 0 Å². The third-order valence-electron chi connectivity index (χ3n) is 5.13. The van der Waals surface area contributed by atoms with Crippen LogP contribution in [0.5, 0.6) is 17.2 Å². The molecule has 0 spiro atoms. The Balaban J connectivity index is 1.47. The molecule has 2 aromatic rings. The number of rotatable bonds is 11. The highest BCUT2D eigenvalue weighted by atomic mass is 16.5. The Hall–Kier alpha value is -2.77. The first-order chi connectivity index (χ1) is 15.1. The minimum absolute atomic E-state index is 0.00287. The first kappa shape index (κ1) is 22.9. The fourth-order valence-electron chi connectivity index (χ4n) is 3.61. The van der Waals surface area contributed by atoms with E-state index in [0.717, 1.165) is 34.8 Å². The number of carbonyl (C=O) groups is 1. The smallest absolute Gasteiger partial charge is 0.238 e. The molecule has 7 nitrogen and oxygen atoms in total. The van der Waals surface area contributed by atoms with E-state index >= 15 is 0 Å². The molecule has 1 heterocycles. The highest BCUT2D eigenvalue weighted by molar-refractivity contribution is 5.82. The van der Waals surface area contributed by atoms with Crippen molar-refractivity contribution in [2.24, 2.45) is 0 Å². The van der Waals surface area contributed by atoms with Gasteiger partial charge in [-0.15, -0.1) is 0 Å². The van der Waals surface area contributed by atoms with E-state index in [9.17, 15) is 4.79 Å². The number of nitrogens with one attached hydrogen (secondary N) is 3. The van der Waals surface area contributed by atoms with Crippen molar-refractivity contribution < 1.29 is 19.0 Å². The van der Waals surface area contributed by atoms with Gasteiger partial charge in [0, 0.05) is 12.6 Å². The van der Waals surface area contributed by atoms with Gasteiger partial charge in [0.15, 0.2) is 11.5 Å². The van der Waals surface area contributed by atoms with Crippen molar-refractivity contribution in [1.82, 2.24) is 16.2 Å². The molecule has 2 aromatic carbocycles. The van der Waals surface area contributed by atoms with Gasteiger partial charge in [-0.05, 0) is 69.0 Å². The molecule has 168 valence electrons. The Morgan fingerprint density at radius 2 is 1.65 bits per heavy atom. The van der Waals surface area contributed by atoms with Crippen LogP contribution in [0.3, 0.4) is 0 Å². The van der Waals surface area contributed by atoms with E-state index in [1.54, 1.807) is 0 Å². The van der Waals surface area contributed by atoms with Crippen LogP contribution in [0, 0.1) is 0 Å². The van der Waals surface area contributed by atoms with Crippen LogP contribution in [0.2, 0.25) is 0 Å². The first-order valence-electron chi connectivity index (χ1n) is 11.0. The van der Waals surface area contributed by atoms with E-state index in [0.29, 0.717) is 32.8 Å². The molecule has 31 heavy (non-hydrogen) atoms. The number of ether oxygens (including phenoxy) is 3. The van der Waals surface area contributed by atoms with E-state index < -0.39 is 0 Å². The number of hydrogen-bond acceptors (Lipinski definition) is 6. The molecule has 7 heteroatoms. The summed E-state index contributed by atoms with van der Waals surface area (Å²) in [5, 5.41) is 3.03. The summed E-state index contributed by atoms with van der Waals surface area (Å²) in [6.45, 7) is 8.25. The van der Waals surface area contributed by atoms with Crippen LogP contribution in [0.4, 0.5) is 0 Å². The Kier molecular flexibility index (Phi) is 8.55. The van der Waals surface area contributed by atoms with Crippen molar-refractivity contribution in [2.75, 3.05) is 26.4 Å². The number of carbonyl (C=O) groups excluding carboxylic acids is 1. The Labute approximate surface area is 184 Å². The Morgan fingerprint density at radius 1 is 0.935 bits per heavy atom. The third kappa shape index (κ3) is 6.35. The van der Waals surface area contributed by atoms with Crippen LogP contribution in [-0.2, 0) is 11.2 Å². The topological polar surface area (TPSA) is 80.9 Å². The molecule has 3 N–H and O–H groups in total. The van der Waals surface area contributed by atoms with Crippen LogP contribution in [-0.4, -0.2) is 38.3 Å². The lowest BCUT2D eigenvalue weighted by Crippen LogP contribution is -2.43. The minimum atomic E-state index is -0.268. The maximum Gasteiger partial charge on any atom is 0.238 e. The van der Waals surface area contributed by atoms with Gasteiger partial charge in [-0.25, -0.2) is 10.9 Å². The summed E-state index contributed by atoms with van der Waals surface area (Å²) in [6.07, 6.45) is 1.41. The molecule has 0 saturated carbocycles. The lowest BCUT2D eigenvalue weighted by Gasteiger charge is -2.13. The van der Waals surface area contributed by atoms with E-state index in [2.05, 4.69) is 16.2 Å². The summed E-state index contributed by atoms with van der Waals surface area (Å²) in [5.41, 5.74) is 8.56. The number of benzene rings is 2. The Morgan fingerprint density at radius 3 is 2.35 bits per heavy atom. The van der Waals surface area contributed by atoms with Crippen LogP contribution in [0.15, 0.2) is 42.5 Å². The van der Waals surface area contributed by atoms with Crippen LogP contribution in [0.1, 0.15) is 44.4 Å². The first-order valence-corrected chi connectivity index (χ1v) is 11.0. The molecule has 1 fully saturated rings. The van der Waals surface area contributed by atoms with Crippen molar-refractivity contribution in [3.8, 4) is 17.2 Å². The zero-order chi connectivity index (χ0) is 22.1. The molecule has 0 radical (unpaired) electrons. The minimum Gasteiger partial charge on any atom is -0.494 e. The fourth-order valence-corrected chi connectivity index (χ4v) is 3.61. The van der Waals surface area contributed by atoms with Crippen LogP contribution >= 0.6 is 0 Å². The maximum absolute atomic E-state index is 12.6. The van der Waals surface area contributed by atoms with Crippen molar-refractivity contribution >= 4 is 5.91 Å². The second-order valence-electron chi connectivity index (χ2n) is 7.32. The SMILES string of the molecule is CCOc1ccc(C2CC(C(=O)NCCc3ccc(OCC)c(OCC)c3)NN2)cc1. The number of hydrazine groups is 1. The van der Waals surface area contributed by atoms with Gasteiger partial charge in [-0.2, -0.15) is 0 Å². The van der Waals surface area contributed by atoms with Gasteiger partial charge in [0.05, 0.1) is 19.8 Å². The van der Waals surface area contributed by atoms with Crippen molar-refractivity contribution in [2.45, 2.75) is 45.7 Å². The molecule has 2 atom stereocenters. The van der Waals surface area contributed by atoms with E-state index in [1.807, 2.05) is 63.2 Å². The van der Waals surface area contributed by atoms with Gasteiger partial charge in [-0.3, -0.25) is 4.79 Å². The summed E-state index contributed by atoms with van der Waals surface area (Å²) < 4.78 is 16.8. The standard InChI is InChI=1S/C24H33N3O4/c1-4-29-19-10-8-18(9-11-19)20-16-21(27-26-20)24(28)25-14-13-17-7-12-22(30-5-2)23(15-17)31-6-3/h7-12,15,20-21,26-27H,4-6,13-14,16H2,1-3H3,(H,25,28). The molecule has 0 bridgehead atoms. The molecule has 1 saturated heterocycles. The summed E-state index contributed by atoms with van der Waals surface area (Å²) in [6, 6.07) is 13.7. The summed E-state index contributed by atoms with van der Waals surface area (Å²) in [7, 11) is 0. The molecular formula is C24H33N3O4. The molecule has 1 aliphatic heterocycles. The predicted molar refractivity (Wildman–Crippen MR) is 121 cm³/mol. The monoisotopic (exact) mass is 427 g/mol. The lowest BCUT2D eigenvalue weighted by molar-refractivity contribution is -0.122. The zero-order valence-electron chi connectivity index (χ0n) is 18.6. The molecular weight excluding hydrogens is 394 g/mol. The lowest BCUT2D eigenvalue weighted by atomic mass is 10.0. The van der Waals surface area contributed by atoms with E-state index in [1.165, 1.54) is 0 Å². The molecule has 3 rings (SSSR count). The van der Waals surface area contributed by atoms with Crippen LogP contribution in [0.25, 0.3) is 0 Å². The van der Waals surface area contributed by atoms with Gasteiger partial charge in [0.1, 0.15) is 11.8 Å². The summed E-state index contributed by atoms with van der Waals surface area (Å²) in [5.74, 6) is 2.34. The predicted octanol–water partition coefficient (Wildman–Crippen LogP) is 3.15. The highest BCUT2D eigenvalue weighted by Gasteiger charge is 2.29. The van der Waals surface area contributed by atoms with Gasteiger partial charge < -0.3 is 19.5 Å². The average Bonchev–Trinajstić information content (AvgIpc) is 3.27. The second kappa shape index (κ2) is 11.6. The van der Waals surface area contributed by atoms with Crippen molar-refractivity contribution in [3.63, 3.8) is 0 Å². The molecule has 0 aromatic heterocycles. The van der Waals surface area contributed by atoms with Gasteiger partial charge in [0.25, 0.3) is 0 Å². The molecule has 0 aliphatic carbocycles. The van der Waals surface area contributed by atoms with E-state index in [-0.39, 0.29) is 18.0 Å². The highest BCUT2D eigenvalue weighted by Crippen LogP contribution is 2.29.